The fourth-order valence-corrected chi connectivity index (χ4v) is 2.33. The molecule has 0 unspecified atom stereocenters. The highest BCUT2D eigenvalue weighted by Crippen LogP contribution is 2.14. The lowest BCUT2D eigenvalue weighted by molar-refractivity contribution is -0.696. The van der Waals surface area contributed by atoms with Crippen LogP contribution < -0.4 is 9.30 Å². The molecule has 3 heteroatoms. The van der Waals surface area contributed by atoms with Crippen LogP contribution in [0.4, 0.5) is 0 Å². The third-order valence-electron chi connectivity index (χ3n) is 3.58. The van der Waals surface area contributed by atoms with E-state index in [4.69, 9.17) is 4.74 Å². The number of benzene rings is 1. The molecular formula is C17H25N2O+. The van der Waals surface area contributed by atoms with Crippen molar-refractivity contribution in [2.24, 2.45) is 0 Å². The van der Waals surface area contributed by atoms with Crippen molar-refractivity contribution in [3.8, 4) is 11.4 Å². The second kappa shape index (κ2) is 7.73. The van der Waals surface area contributed by atoms with E-state index in [9.17, 15) is 0 Å². The third kappa shape index (κ3) is 4.12. The Morgan fingerprint density at radius 1 is 1.05 bits per heavy atom. The summed E-state index contributed by atoms with van der Waals surface area (Å²) in [6.07, 6.45) is 13.0. The summed E-state index contributed by atoms with van der Waals surface area (Å²) in [5, 5.41) is 0. The molecule has 2 aromatic rings. The van der Waals surface area contributed by atoms with Gasteiger partial charge in [-0.05, 0) is 37.1 Å². The zero-order valence-corrected chi connectivity index (χ0v) is 12.6. The third-order valence-corrected chi connectivity index (χ3v) is 3.58. The van der Waals surface area contributed by atoms with Gasteiger partial charge in [-0.1, -0.05) is 26.2 Å². The van der Waals surface area contributed by atoms with Gasteiger partial charge in [0.15, 0.2) is 0 Å². The summed E-state index contributed by atoms with van der Waals surface area (Å²) >= 11 is 0. The van der Waals surface area contributed by atoms with E-state index in [2.05, 4.69) is 46.9 Å². The summed E-state index contributed by atoms with van der Waals surface area (Å²) in [5.41, 5.74) is 1.16. The van der Waals surface area contributed by atoms with Gasteiger partial charge in [0.25, 0.3) is 0 Å². The Morgan fingerprint density at radius 2 is 1.80 bits per heavy atom. The predicted octanol–water partition coefficient (Wildman–Crippen LogP) is 3.74. The standard InChI is InChI=1S/C17H25N2O/c1-3-4-5-6-7-12-18-13-14-19(15-18)16-8-10-17(20-2)11-9-16/h8-11,13-15H,3-7,12H2,1-2H3/q+1. The number of imidazole rings is 1. The van der Waals surface area contributed by atoms with E-state index >= 15 is 0 Å². The Labute approximate surface area is 121 Å². The maximum absolute atomic E-state index is 5.18. The Morgan fingerprint density at radius 3 is 2.50 bits per heavy atom. The fraction of sp³-hybridized carbons (Fsp3) is 0.471. The highest BCUT2D eigenvalue weighted by molar-refractivity contribution is 5.36. The van der Waals surface area contributed by atoms with Crippen molar-refractivity contribution in [1.29, 1.82) is 0 Å². The molecule has 0 bridgehead atoms. The maximum Gasteiger partial charge on any atom is 0.248 e. The fourth-order valence-electron chi connectivity index (χ4n) is 2.33. The van der Waals surface area contributed by atoms with E-state index in [1.54, 1.807) is 7.11 Å². The van der Waals surface area contributed by atoms with E-state index < -0.39 is 0 Å². The molecule has 0 aliphatic rings. The minimum atomic E-state index is 0.893. The van der Waals surface area contributed by atoms with E-state index in [1.807, 2.05) is 12.1 Å². The maximum atomic E-state index is 5.18. The van der Waals surface area contributed by atoms with E-state index in [0.717, 1.165) is 18.0 Å². The lowest BCUT2D eigenvalue weighted by Crippen LogP contribution is -2.30. The molecule has 3 nitrogen and oxygen atoms in total. The zero-order valence-electron chi connectivity index (χ0n) is 12.6. The molecule has 0 amide bonds. The van der Waals surface area contributed by atoms with Crippen molar-refractivity contribution in [3.05, 3.63) is 43.0 Å². The average Bonchev–Trinajstić information content (AvgIpc) is 2.96. The first-order chi connectivity index (χ1) is 9.83. The first-order valence-electron chi connectivity index (χ1n) is 7.55. The molecule has 0 fully saturated rings. The van der Waals surface area contributed by atoms with Gasteiger partial charge >= 0.3 is 0 Å². The summed E-state index contributed by atoms with van der Waals surface area (Å²) in [5.74, 6) is 0.893. The number of hydrogen-bond acceptors (Lipinski definition) is 1. The molecule has 2 rings (SSSR count). The van der Waals surface area contributed by atoms with Crippen molar-refractivity contribution in [2.45, 2.75) is 45.6 Å². The van der Waals surface area contributed by atoms with Crippen LogP contribution in [0.1, 0.15) is 39.0 Å². The summed E-state index contributed by atoms with van der Waals surface area (Å²) in [6.45, 7) is 3.36. The smallest absolute Gasteiger partial charge is 0.248 e. The zero-order chi connectivity index (χ0) is 14.2. The molecule has 20 heavy (non-hydrogen) atoms. The summed E-state index contributed by atoms with van der Waals surface area (Å²) < 4.78 is 9.59. The Bertz CT molecular complexity index is 502. The second-order valence-corrected chi connectivity index (χ2v) is 5.17. The van der Waals surface area contributed by atoms with E-state index in [-0.39, 0.29) is 0 Å². The number of methoxy groups -OCH3 is 1. The molecule has 0 spiro atoms. The first-order valence-corrected chi connectivity index (χ1v) is 7.55. The van der Waals surface area contributed by atoms with Gasteiger partial charge in [-0.2, -0.15) is 0 Å². The van der Waals surface area contributed by atoms with Crippen molar-refractivity contribution < 1.29 is 9.30 Å². The molecule has 0 saturated carbocycles. The van der Waals surface area contributed by atoms with Gasteiger partial charge in [0.1, 0.15) is 23.8 Å². The van der Waals surface area contributed by atoms with Crippen LogP contribution in [0.15, 0.2) is 43.0 Å². The lowest BCUT2D eigenvalue weighted by atomic mass is 10.1. The van der Waals surface area contributed by atoms with Gasteiger partial charge in [-0.15, -0.1) is 0 Å². The summed E-state index contributed by atoms with van der Waals surface area (Å²) in [6, 6.07) is 8.13. The normalized spacial score (nSPS) is 10.7. The molecule has 0 radical (unpaired) electrons. The molecule has 0 atom stereocenters. The van der Waals surface area contributed by atoms with Crippen LogP contribution in [-0.4, -0.2) is 11.7 Å². The number of hydrogen-bond donors (Lipinski definition) is 0. The number of rotatable bonds is 8. The quantitative estimate of drug-likeness (QED) is 0.529. The molecule has 108 valence electrons. The van der Waals surface area contributed by atoms with Gasteiger partial charge < -0.3 is 4.74 Å². The molecule has 1 heterocycles. The van der Waals surface area contributed by atoms with Gasteiger partial charge in [0, 0.05) is 0 Å². The van der Waals surface area contributed by atoms with E-state index in [0.29, 0.717) is 0 Å². The van der Waals surface area contributed by atoms with Gasteiger partial charge in [-0.25, -0.2) is 9.13 Å². The minimum absolute atomic E-state index is 0.893. The van der Waals surface area contributed by atoms with Crippen molar-refractivity contribution in [1.82, 2.24) is 4.57 Å². The molecule has 1 aromatic carbocycles. The summed E-state index contributed by atoms with van der Waals surface area (Å²) in [7, 11) is 1.69. The highest BCUT2D eigenvalue weighted by atomic mass is 16.5. The van der Waals surface area contributed by atoms with Crippen molar-refractivity contribution in [2.75, 3.05) is 7.11 Å². The Hall–Kier alpha value is -1.77. The SMILES string of the molecule is CCCCCCC[n+]1ccn(-c2ccc(OC)cc2)c1. The second-order valence-electron chi connectivity index (χ2n) is 5.17. The Balaban J connectivity index is 1.87. The van der Waals surface area contributed by atoms with Crippen LogP contribution in [0, 0.1) is 0 Å². The molecular weight excluding hydrogens is 248 g/mol. The lowest BCUT2D eigenvalue weighted by Gasteiger charge is -2.00. The van der Waals surface area contributed by atoms with Crippen LogP contribution in [0.25, 0.3) is 5.69 Å². The van der Waals surface area contributed by atoms with Crippen molar-refractivity contribution in [3.63, 3.8) is 0 Å². The average molecular weight is 273 g/mol. The number of aromatic nitrogens is 2. The van der Waals surface area contributed by atoms with Crippen LogP contribution in [-0.2, 0) is 6.54 Å². The van der Waals surface area contributed by atoms with Crippen LogP contribution in [0.2, 0.25) is 0 Å². The number of aryl methyl sites for hydroxylation is 1. The number of unbranched alkanes of at least 4 members (excludes halogenated alkanes) is 4. The van der Waals surface area contributed by atoms with Gasteiger partial charge in [-0.3, -0.25) is 0 Å². The van der Waals surface area contributed by atoms with Crippen molar-refractivity contribution >= 4 is 0 Å². The van der Waals surface area contributed by atoms with Crippen LogP contribution in [0.5, 0.6) is 5.75 Å². The number of ether oxygens (including phenoxy) is 1. The molecule has 0 aliphatic heterocycles. The molecule has 1 aromatic heterocycles. The predicted molar refractivity (Wildman–Crippen MR) is 81.3 cm³/mol. The van der Waals surface area contributed by atoms with Gasteiger partial charge in [0.05, 0.1) is 13.7 Å². The topological polar surface area (TPSA) is 18.0 Å². The first kappa shape index (κ1) is 14.6. The molecule has 0 saturated heterocycles. The highest BCUT2D eigenvalue weighted by Gasteiger charge is 2.06. The monoisotopic (exact) mass is 273 g/mol. The summed E-state index contributed by atoms with van der Waals surface area (Å²) in [4.78, 5) is 0. The molecule has 0 aliphatic carbocycles. The van der Waals surface area contributed by atoms with Gasteiger partial charge in [0.2, 0.25) is 6.33 Å². The van der Waals surface area contributed by atoms with Crippen LogP contribution in [0.3, 0.4) is 0 Å². The minimum Gasteiger partial charge on any atom is -0.497 e. The number of nitrogens with zero attached hydrogens (tertiary/aromatic N) is 2. The van der Waals surface area contributed by atoms with E-state index in [1.165, 1.54) is 32.1 Å². The molecule has 0 N–H and O–H groups in total. The largest absolute Gasteiger partial charge is 0.497 e. The Kier molecular flexibility index (Phi) is 5.66. The van der Waals surface area contributed by atoms with Crippen LogP contribution >= 0.6 is 0 Å².